The molecule has 140 valence electrons. The van der Waals surface area contributed by atoms with Gasteiger partial charge in [0.25, 0.3) is 5.91 Å². The molecule has 2 heterocycles. The quantitative estimate of drug-likeness (QED) is 0.673. The summed E-state index contributed by atoms with van der Waals surface area (Å²) in [7, 11) is 0. The number of fused-ring (bicyclic) bond motifs is 1. The topological polar surface area (TPSA) is 86.1 Å². The Hall–Kier alpha value is -3.22. The number of Topliss-reactive ketones (excluding diaryl/α,β-unsaturated/α-hetero) is 1. The van der Waals surface area contributed by atoms with E-state index in [1.54, 1.807) is 43.6 Å². The number of carbonyl (C=O) groups excluding carboxylic acids is 2. The standard InChI is InChI=1S/C20H22N4O3/c1-12(2)24-19-16(10-22-24)9-17(11-21-19)23-20(26)14(4)27-18-7-5-15(6-8-18)13(3)25/h5-12,14H,1-4H3,(H,23,26)/t14-/m1/s1. The average Bonchev–Trinajstić information content (AvgIpc) is 3.05. The van der Waals surface area contributed by atoms with E-state index < -0.39 is 6.10 Å². The second-order valence-electron chi connectivity index (χ2n) is 6.65. The van der Waals surface area contributed by atoms with E-state index in [1.165, 1.54) is 6.92 Å². The van der Waals surface area contributed by atoms with Gasteiger partial charge in [0, 0.05) is 17.0 Å². The maximum Gasteiger partial charge on any atom is 0.265 e. The normalized spacial score (nSPS) is 12.2. The Bertz CT molecular complexity index is 977. The van der Waals surface area contributed by atoms with Crippen LogP contribution in [-0.2, 0) is 4.79 Å². The number of aromatic nitrogens is 3. The maximum atomic E-state index is 12.4. The van der Waals surface area contributed by atoms with Crippen LogP contribution in [0.3, 0.4) is 0 Å². The number of pyridine rings is 1. The van der Waals surface area contributed by atoms with Crippen molar-refractivity contribution >= 4 is 28.4 Å². The van der Waals surface area contributed by atoms with Crippen molar-refractivity contribution in [3.8, 4) is 5.75 Å². The van der Waals surface area contributed by atoms with Crippen LogP contribution in [0.5, 0.6) is 5.75 Å². The fourth-order valence-corrected chi connectivity index (χ4v) is 2.66. The van der Waals surface area contributed by atoms with Crippen LogP contribution in [0.15, 0.2) is 42.7 Å². The summed E-state index contributed by atoms with van der Waals surface area (Å²) in [6, 6.07) is 8.74. The van der Waals surface area contributed by atoms with Crippen molar-refractivity contribution in [3.05, 3.63) is 48.3 Å². The van der Waals surface area contributed by atoms with Gasteiger partial charge in [-0.3, -0.25) is 9.59 Å². The largest absolute Gasteiger partial charge is 0.481 e. The Morgan fingerprint density at radius 2 is 1.81 bits per heavy atom. The fraction of sp³-hybridized carbons (Fsp3) is 0.300. The van der Waals surface area contributed by atoms with Crippen molar-refractivity contribution in [2.45, 2.75) is 39.8 Å². The summed E-state index contributed by atoms with van der Waals surface area (Å²) in [6.07, 6.45) is 2.63. The molecule has 1 amide bonds. The summed E-state index contributed by atoms with van der Waals surface area (Å²) in [6.45, 7) is 7.23. The van der Waals surface area contributed by atoms with E-state index in [0.29, 0.717) is 17.0 Å². The fourth-order valence-electron chi connectivity index (χ4n) is 2.66. The van der Waals surface area contributed by atoms with Crippen molar-refractivity contribution in [3.63, 3.8) is 0 Å². The van der Waals surface area contributed by atoms with E-state index in [0.717, 1.165) is 11.0 Å². The zero-order chi connectivity index (χ0) is 19.6. The molecule has 0 bridgehead atoms. The molecule has 0 fully saturated rings. The minimum absolute atomic E-state index is 0.0176. The molecule has 27 heavy (non-hydrogen) atoms. The maximum absolute atomic E-state index is 12.4. The molecule has 1 N–H and O–H groups in total. The molecule has 0 saturated heterocycles. The molecule has 7 nitrogen and oxygen atoms in total. The number of ketones is 1. The van der Waals surface area contributed by atoms with Gasteiger partial charge in [0.2, 0.25) is 0 Å². The zero-order valence-electron chi connectivity index (χ0n) is 15.8. The van der Waals surface area contributed by atoms with Gasteiger partial charge in [0.1, 0.15) is 5.75 Å². The number of rotatable bonds is 6. The molecule has 0 aliphatic carbocycles. The lowest BCUT2D eigenvalue weighted by Crippen LogP contribution is -2.30. The molecule has 2 aromatic heterocycles. The summed E-state index contributed by atoms with van der Waals surface area (Å²) in [5, 5.41) is 7.98. The van der Waals surface area contributed by atoms with E-state index in [9.17, 15) is 9.59 Å². The third kappa shape index (κ3) is 4.13. The van der Waals surface area contributed by atoms with Crippen LogP contribution < -0.4 is 10.1 Å². The number of amides is 1. The van der Waals surface area contributed by atoms with Crippen LogP contribution >= 0.6 is 0 Å². The Morgan fingerprint density at radius 3 is 2.44 bits per heavy atom. The smallest absolute Gasteiger partial charge is 0.265 e. The van der Waals surface area contributed by atoms with E-state index >= 15 is 0 Å². The van der Waals surface area contributed by atoms with Gasteiger partial charge in [0.05, 0.1) is 18.1 Å². The third-order valence-electron chi connectivity index (χ3n) is 4.13. The van der Waals surface area contributed by atoms with E-state index in [1.807, 2.05) is 24.6 Å². The van der Waals surface area contributed by atoms with Gasteiger partial charge in [-0.15, -0.1) is 0 Å². The number of hydrogen-bond donors (Lipinski definition) is 1. The molecule has 3 aromatic rings. The number of benzene rings is 1. The molecular formula is C20H22N4O3. The molecule has 3 rings (SSSR count). The minimum atomic E-state index is -0.706. The van der Waals surface area contributed by atoms with Gasteiger partial charge >= 0.3 is 0 Å². The first-order valence-electron chi connectivity index (χ1n) is 8.77. The van der Waals surface area contributed by atoms with Gasteiger partial charge in [-0.25, -0.2) is 9.67 Å². The summed E-state index contributed by atoms with van der Waals surface area (Å²) in [5.41, 5.74) is 1.96. The van der Waals surface area contributed by atoms with Crippen molar-refractivity contribution in [2.24, 2.45) is 0 Å². The van der Waals surface area contributed by atoms with E-state index in [-0.39, 0.29) is 17.7 Å². The van der Waals surface area contributed by atoms with Crippen LogP contribution in [0.4, 0.5) is 5.69 Å². The molecule has 0 spiro atoms. The van der Waals surface area contributed by atoms with Crippen molar-refractivity contribution in [2.75, 3.05) is 5.32 Å². The van der Waals surface area contributed by atoms with Crippen LogP contribution in [0.2, 0.25) is 0 Å². The van der Waals surface area contributed by atoms with Crippen LogP contribution in [-0.4, -0.2) is 32.6 Å². The van der Waals surface area contributed by atoms with Gasteiger partial charge in [-0.05, 0) is 58.0 Å². The number of ether oxygens (including phenoxy) is 1. The second kappa shape index (κ2) is 7.57. The molecule has 1 aromatic carbocycles. The number of carbonyl (C=O) groups is 2. The first-order valence-corrected chi connectivity index (χ1v) is 8.77. The lowest BCUT2D eigenvalue weighted by atomic mass is 10.1. The minimum Gasteiger partial charge on any atom is -0.481 e. The molecule has 1 atom stereocenters. The molecule has 7 heteroatoms. The molecule has 0 saturated carbocycles. The lowest BCUT2D eigenvalue weighted by molar-refractivity contribution is -0.122. The lowest BCUT2D eigenvalue weighted by Gasteiger charge is -2.15. The van der Waals surface area contributed by atoms with Gasteiger partial charge < -0.3 is 10.1 Å². The van der Waals surface area contributed by atoms with Crippen molar-refractivity contribution in [1.82, 2.24) is 14.8 Å². The third-order valence-corrected chi connectivity index (χ3v) is 4.13. The van der Waals surface area contributed by atoms with Crippen LogP contribution in [0.1, 0.15) is 44.1 Å². The molecular weight excluding hydrogens is 344 g/mol. The monoisotopic (exact) mass is 366 g/mol. The van der Waals surface area contributed by atoms with Crippen molar-refractivity contribution < 1.29 is 14.3 Å². The number of anilines is 1. The Labute approximate surface area is 157 Å². The molecule has 0 aliphatic rings. The van der Waals surface area contributed by atoms with Gasteiger partial charge in [0.15, 0.2) is 17.5 Å². The number of nitrogens with one attached hydrogen (secondary N) is 1. The second-order valence-corrected chi connectivity index (χ2v) is 6.65. The predicted octanol–water partition coefficient (Wildman–Crippen LogP) is 3.62. The summed E-state index contributed by atoms with van der Waals surface area (Å²) < 4.78 is 7.48. The average molecular weight is 366 g/mol. The van der Waals surface area contributed by atoms with Gasteiger partial charge in [-0.2, -0.15) is 5.10 Å². The highest BCUT2D eigenvalue weighted by molar-refractivity contribution is 5.96. The highest BCUT2D eigenvalue weighted by atomic mass is 16.5. The SMILES string of the molecule is CC(=O)c1ccc(O[C@H](C)C(=O)Nc2cnc3c(cnn3C(C)C)c2)cc1. The Morgan fingerprint density at radius 1 is 1.11 bits per heavy atom. The molecule has 0 unspecified atom stereocenters. The van der Waals surface area contributed by atoms with E-state index in [2.05, 4.69) is 15.4 Å². The highest BCUT2D eigenvalue weighted by Gasteiger charge is 2.16. The predicted molar refractivity (Wildman–Crippen MR) is 103 cm³/mol. The molecule has 0 aliphatic heterocycles. The number of hydrogen-bond acceptors (Lipinski definition) is 5. The number of nitrogens with zero attached hydrogens (tertiary/aromatic N) is 3. The summed E-state index contributed by atoms with van der Waals surface area (Å²) >= 11 is 0. The van der Waals surface area contributed by atoms with Crippen molar-refractivity contribution in [1.29, 1.82) is 0 Å². The van der Waals surface area contributed by atoms with Gasteiger partial charge in [-0.1, -0.05) is 0 Å². The Kier molecular flexibility index (Phi) is 5.21. The van der Waals surface area contributed by atoms with E-state index in [4.69, 9.17) is 4.74 Å². The first-order chi connectivity index (χ1) is 12.8. The molecule has 0 radical (unpaired) electrons. The zero-order valence-corrected chi connectivity index (χ0v) is 15.8. The van der Waals surface area contributed by atoms with Crippen LogP contribution in [0, 0.1) is 0 Å². The summed E-state index contributed by atoms with van der Waals surface area (Å²) in [4.78, 5) is 28.1. The van der Waals surface area contributed by atoms with Crippen LogP contribution in [0.25, 0.3) is 11.0 Å². The highest BCUT2D eigenvalue weighted by Crippen LogP contribution is 2.20. The first kappa shape index (κ1) is 18.6. The summed E-state index contributed by atoms with van der Waals surface area (Å²) in [5.74, 6) is 0.216. The Balaban J connectivity index is 1.67.